The van der Waals surface area contributed by atoms with Gasteiger partial charge in [0.25, 0.3) is 0 Å². The molecular weight excluding hydrogens is 236 g/mol. The Balaban J connectivity index is 3.08. The number of pyridine rings is 1. The number of ether oxygens (including phenoxy) is 1. The molecule has 0 aliphatic rings. The number of carbonyl (C=O) groups is 1. The molecule has 0 aliphatic heterocycles. The molecule has 0 amide bonds. The maximum atomic E-state index is 10.6. The average molecular weight is 240 g/mol. The Labute approximate surface area is 89.6 Å². The molecule has 0 N–H and O–H groups in total. The van der Waals surface area contributed by atoms with Crippen molar-refractivity contribution in [3.05, 3.63) is 21.3 Å². The van der Waals surface area contributed by atoms with Crippen LogP contribution in [0.15, 0.2) is 6.07 Å². The van der Waals surface area contributed by atoms with Gasteiger partial charge >= 0.3 is 5.97 Å². The van der Waals surface area contributed by atoms with E-state index < -0.39 is 5.97 Å². The van der Waals surface area contributed by atoms with Crippen molar-refractivity contribution in [1.29, 1.82) is 0 Å². The molecule has 1 rings (SSSR count). The van der Waals surface area contributed by atoms with Crippen molar-refractivity contribution in [3.8, 4) is 5.88 Å². The van der Waals surface area contributed by atoms with Crippen molar-refractivity contribution in [1.82, 2.24) is 4.98 Å². The summed E-state index contributed by atoms with van der Waals surface area (Å²) >= 11 is 16.8. The second-order valence-corrected chi connectivity index (χ2v) is 3.31. The summed E-state index contributed by atoms with van der Waals surface area (Å²) in [6.45, 7) is 1.24. The summed E-state index contributed by atoms with van der Waals surface area (Å²) in [5.74, 6) is -0.559. The first-order valence-corrected chi connectivity index (χ1v) is 4.34. The Kier molecular flexibility index (Phi) is 3.36. The van der Waals surface area contributed by atoms with Gasteiger partial charge in [-0.1, -0.05) is 34.8 Å². The third kappa shape index (κ3) is 2.72. The number of hydrogen-bond acceptors (Lipinski definition) is 3. The molecule has 0 saturated carbocycles. The van der Waals surface area contributed by atoms with Crippen LogP contribution in [0.1, 0.15) is 6.92 Å². The van der Waals surface area contributed by atoms with E-state index in [0.717, 1.165) is 0 Å². The lowest BCUT2D eigenvalue weighted by atomic mass is 10.5. The predicted molar refractivity (Wildman–Crippen MR) is 50.6 cm³/mol. The first-order valence-electron chi connectivity index (χ1n) is 3.20. The third-order valence-corrected chi connectivity index (χ3v) is 2.04. The molecule has 0 aliphatic carbocycles. The number of rotatable bonds is 1. The maximum Gasteiger partial charge on any atom is 0.309 e. The lowest BCUT2D eigenvalue weighted by Crippen LogP contribution is -2.03. The molecule has 70 valence electrons. The van der Waals surface area contributed by atoms with Crippen molar-refractivity contribution >= 4 is 40.8 Å². The second-order valence-electron chi connectivity index (χ2n) is 2.14. The topological polar surface area (TPSA) is 39.2 Å². The van der Waals surface area contributed by atoms with Crippen LogP contribution >= 0.6 is 34.8 Å². The lowest BCUT2D eigenvalue weighted by Gasteiger charge is -2.03. The predicted octanol–water partition coefficient (Wildman–Crippen LogP) is 2.97. The van der Waals surface area contributed by atoms with Crippen LogP contribution in [0.2, 0.25) is 15.2 Å². The van der Waals surface area contributed by atoms with Gasteiger partial charge in [0.15, 0.2) is 5.15 Å². The van der Waals surface area contributed by atoms with E-state index >= 15 is 0 Å². The standard InChI is InChI=1S/C7H4Cl3NO2/c1-3(12)13-7-5(9)2-4(8)6(10)11-7/h2H,1H3. The molecule has 1 aromatic rings. The van der Waals surface area contributed by atoms with Gasteiger partial charge in [-0.15, -0.1) is 0 Å². The number of esters is 1. The molecule has 0 aromatic carbocycles. The highest BCUT2D eigenvalue weighted by Crippen LogP contribution is 2.30. The van der Waals surface area contributed by atoms with E-state index in [-0.39, 0.29) is 21.1 Å². The lowest BCUT2D eigenvalue weighted by molar-refractivity contribution is -0.132. The molecule has 13 heavy (non-hydrogen) atoms. The van der Waals surface area contributed by atoms with Crippen LogP contribution in [-0.4, -0.2) is 11.0 Å². The Bertz CT molecular complexity index is 354. The van der Waals surface area contributed by atoms with Gasteiger partial charge in [0, 0.05) is 6.92 Å². The number of hydrogen-bond donors (Lipinski definition) is 0. The van der Waals surface area contributed by atoms with Crippen molar-refractivity contribution in [2.75, 3.05) is 0 Å². The molecule has 0 radical (unpaired) electrons. The van der Waals surface area contributed by atoms with Crippen LogP contribution in [0.5, 0.6) is 5.88 Å². The first kappa shape index (κ1) is 10.6. The molecular formula is C7H4Cl3NO2. The van der Waals surface area contributed by atoms with Crippen molar-refractivity contribution in [2.24, 2.45) is 0 Å². The van der Waals surface area contributed by atoms with Crippen LogP contribution in [0.4, 0.5) is 0 Å². The second kappa shape index (κ2) is 4.13. The smallest absolute Gasteiger partial charge is 0.309 e. The monoisotopic (exact) mass is 239 g/mol. The molecule has 1 aromatic heterocycles. The third-order valence-electron chi connectivity index (χ3n) is 1.09. The van der Waals surface area contributed by atoms with Crippen molar-refractivity contribution < 1.29 is 9.53 Å². The first-order chi connectivity index (χ1) is 6.00. The molecule has 0 saturated heterocycles. The number of halogens is 3. The van der Waals surface area contributed by atoms with Gasteiger partial charge in [-0.05, 0) is 6.07 Å². The van der Waals surface area contributed by atoms with E-state index in [9.17, 15) is 4.79 Å². The molecule has 1 heterocycles. The molecule has 0 atom stereocenters. The molecule has 0 spiro atoms. The van der Waals surface area contributed by atoms with E-state index in [1.54, 1.807) is 0 Å². The average Bonchev–Trinajstić information content (AvgIpc) is 1.99. The van der Waals surface area contributed by atoms with Crippen molar-refractivity contribution in [3.63, 3.8) is 0 Å². The van der Waals surface area contributed by atoms with E-state index in [4.69, 9.17) is 34.8 Å². The molecule has 6 heteroatoms. The minimum absolute atomic E-state index is 0.0384. The zero-order valence-corrected chi connectivity index (χ0v) is 8.74. The largest absolute Gasteiger partial charge is 0.406 e. The van der Waals surface area contributed by atoms with E-state index in [0.29, 0.717) is 0 Å². The zero-order chi connectivity index (χ0) is 10.0. The fourth-order valence-electron chi connectivity index (χ4n) is 0.636. The summed E-state index contributed by atoms with van der Waals surface area (Å²) in [6.07, 6.45) is 0. The summed E-state index contributed by atoms with van der Waals surface area (Å²) in [4.78, 5) is 14.2. The Morgan fingerprint density at radius 3 is 2.54 bits per heavy atom. The van der Waals surface area contributed by atoms with Gasteiger partial charge < -0.3 is 4.74 Å². The maximum absolute atomic E-state index is 10.6. The summed E-state index contributed by atoms with van der Waals surface area (Å²) in [6, 6.07) is 1.36. The van der Waals surface area contributed by atoms with E-state index in [1.807, 2.05) is 0 Å². The minimum Gasteiger partial charge on any atom is -0.406 e. The highest BCUT2D eigenvalue weighted by Gasteiger charge is 2.10. The van der Waals surface area contributed by atoms with Gasteiger partial charge in [-0.2, -0.15) is 4.98 Å². The van der Waals surface area contributed by atoms with E-state index in [2.05, 4.69) is 9.72 Å². The molecule has 0 bridgehead atoms. The summed E-state index contributed by atoms with van der Waals surface area (Å²) in [7, 11) is 0. The SMILES string of the molecule is CC(=O)Oc1nc(Cl)c(Cl)cc1Cl. The summed E-state index contributed by atoms with van der Waals surface area (Å²) in [5.41, 5.74) is 0. The minimum atomic E-state index is -0.521. The van der Waals surface area contributed by atoms with Crippen molar-refractivity contribution in [2.45, 2.75) is 6.92 Å². The molecule has 0 fully saturated rings. The van der Waals surface area contributed by atoms with Crippen LogP contribution in [0.25, 0.3) is 0 Å². The Hall–Kier alpha value is -0.510. The van der Waals surface area contributed by atoms with Gasteiger partial charge in [-0.25, -0.2) is 0 Å². The number of nitrogens with zero attached hydrogens (tertiary/aromatic N) is 1. The van der Waals surface area contributed by atoms with Crippen LogP contribution in [0.3, 0.4) is 0 Å². The van der Waals surface area contributed by atoms with Crippen LogP contribution in [0, 0.1) is 0 Å². The van der Waals surface area contributed by atoms with Gasteiger partial charge in [0.2, 0.25) is 5.88 Å². The fourth-order valence-corrected chi connectivity index (χ4v) is 1.16. The highest BCUT2D eigenvalue weighted by atomic mass is 35.5. The molecule has 3 nitrogen and oxygen atoms in total. The Morgan fingerprint density at radius 1 is 1.38 bits per heavy atom. The van der Waals surface area contributed by atoms with Gasteiger partial charge in [-0.3, -0.25) is 4.79 Å². The molecule has 0 unspecified atom stereocenters. The summed E-state index contributed by atoms with van der Waals surface area (Å²) < 4.78 is 4.66. The van der Waals surface area contributed by atoms with Crippen LogP contribution in [-0.2, 0) is 4.79 Å². The van der Waals surface area contributed by atoms with Crippen LogP contribution < -0.4 is 4.74 Å². The highest BCUT2D eigenvalue weighted by molar-refractivity contribution is 6.42. The van der Waals surface area contributed by atoms with Gasteiger partial charge in [0.1, 0.15) is 5.02 Å². The fraction of sp³-hybridized carbons (Fsp3) is 0.143. The normalized spacial score (nSPS) is 9.85. The quantitative estimate of drug-likeness (QED) is 0.559. The number of aromatic nitrogens is 1. The zero-order valence-electron chi connectivity index (χ0n) is 6.47. The van der Waals surface area contributed by atoms with E-state index in [1.165, 1.54) is 13.0 Å². The van der Waals surface area contributed by atoms with Gasteiger partial charge in [0.05, 0.1) is 5.02 Å². The summed E-state index contributed by atoms with van der Waals surface area (Å²) in [5, 5.41) is 0.398. The number of carbonyl (C=O) groups excluding carboxylic acids is 1. The Morgan fingerprint density at radius 2 is 2.00 bits per heavy atom.